The molecule has 1 aliphatic carbocycles. The minimum atomic E-state index is -0.0489. The number of rotatable bonds is 2. The Morgan fingerprint density at radius 2 is 1.90 bits per heavy atom. The van der Waals surface area contributed by atoms with Crippen LogP contribution in [0.1, 0.15) is 28.2 Å². The van der Waals surface area contributed by atoms with E-state index in [1.54, 1.807) is 0 Å². The van der Waals surface area contributed by atoms with E-state index in [0.29, 0.717) is 11.4 Å². The molecular weight excluding hydrogens is 248 g/mol. The number of fused-ring (bicyclic) bond motifs is 1. The van der Waals surface area contributed by atoms with Crippen LogP contribution in [0.5, 0.6) is 0 Å². The van der Waals surface area contributed by atoms with Gasteiger partial charge in [0.2, 0.25) is 5.91 Å². The van der Waals surface area contributed by atoms with E-state index in [1.165, 1.54) is 5.56 Å². The van der Waals surface area contributed by atoms with E-state index in [9.17, 15) is 4.79 Å². The van der Waals surface area contributed by atoms with Crippen molar-refractivity contribution in [3.8, 4) is 0 Å². The maximum atomic E-state index is 12.3. The first-order valence-electron chi connectivity index (χ1n) is 6.81. The topological polar surface area (TPSA) is 55.1 Å². The zero-order valence-electron chi connectivity index (χ0n) is 11.7. The summed E-state index contributed by atoms with van der Waals surface area (Å²) in [5.41, 5.74) is 12.0. The van der Waals surface area contributed by atoms with Crippen LogP contribution in [0.15, 0.2) is 36.4 Å². The second kappa shape index (κ2) is 4.67. The van der Waals surface area contributed by atoms with Crippen LogP contribution >= 0.6 is 0 Å². The van der Waals surface area contributed by atoms with Gasteiger partial charge in [-0.2, -0.15) is 0 Å². The van der Waals surface area contributed by atoms with Crippen LogP contribution in [0.25, 0.3) is 0 Å². The molecule has 20 heavy (non-hydrogen) atoms. The minimum absolute atomic E-state index is 0.0265. The number of nitrogen functional groups attached to an aromatic ring is 1. The van der Waals surface area contributed by atoms with E-state index < -0.39 is 0 Å². The van der Waals surface area contributed by atoms with E-state index in [-0.39, 0.29) is 11.8 Å². The summed E-state index contributed by atoms with van der Waals surface area (Å²) in [4.78, 5) is 12.3. The van der Waals surface area contributed by atoms with Gasteiger partial charge in [-0.05, 0) is 54.7 Å². The molecule has 1 unspecified atom stereocenters. The number of nitrogens with one attached hydrogen (secondary N) is 1. The lowest BCUT2D eigenvalue weighted by Gasteiger charge is -2.29. The monoisotopic (exact) mass is 266 g/mol. The van der Waals surface area contributed by atoms with Gasteiger partial charge in [-0.25, -0.2) is 0 Å². The lowest BCUT2D eigenvalue weighted by atomic mass is 9.77. The molecule has 2 aromatic carbocycles. The zero-order valence-corrected chi connectivity index (χ0v) is 11.7. The number of amides is 1. The predicted molar refractivity (Wildman–Crippen MR) is 81.8 cm³/mol. The highest BCUT2D eigenvalue weighted by molar-refractivity contribution is 6.00. The second-order valence-electron chi connectivity index (χ2n) is 5.47. The molecule has 2 aromatic rings. The lowest BCUT2D eigenvalue weighted by Crippen LogP contribution is -2.30. The number of hydrogen-bond donors (Lipinski definition) is 2. The molecule has 1 amide bonds. The molecule has 3 rings (SSSR count). The first-order valence-corrected chi connectivity index (χ1v) is 6.81. The summed E-state index contributed by atoms with van der Waals surface area (Å²) in [6, 6.07) is 11.9. The van der Waals surface area contributed by atoms with Crippen molar-refractivity contribution >= 4 is 17.3 Å². The molecule has 0 saturated heterocycles. The van der Waals surface area contributed by atoms with Crippen LogP contribution in [0.2, 0.25) is 0 Å². The molecule has 0 heterocycles. The average Bonchev–Trinajstić information content (AvgIpc) is 2.37. The first kappa shape index (κ1) is 12.7. The molecule has 0 radical (unpaired) electrons. The first-order chi connectivity index (χ1) is 9.56. The molecule has 0 aliphatic heterocycles. The number of carbonyl (C=O) groups excluding carboxylic acids is 1. The molecule has 0 fully saturated rings. The van der Waals surface area contributed by atoms with Crippen LogP contribution in [0.3, 0.4) is 0 Å². The molecule has 102 valence electrons. The van der Waals surface area contributed by atoms with Crippen LogP contribution in [0, 0.1) is 13.8 Å². The highest BCUT2D eigenvalue weighted by atomic mass is 16.1. The molecule has 1 aliphatic rings. The maximum absolute atomic E-state index is 12.3. The van der Waals surface area contributed by atoms with Gasteiger partial charge in [0, 0.05) is 0 Å². The lowest BCUT2D eigenvalue weighted by molar-refractivity contribution is -0.118. The third-order valence-electron chi connectivity index (χ3n) is 4.09. The van der Waals surface area contributed by atoms with Crippen molar-refractivity contribution in [1.82, 2.24) is 0 Å². The van der Waals surface area contributed by atoms with Gasteiger partial charge in [0.15, 0.2) is 0 Å². The van der Waals surface area contributed by atoms with E-state index >= 15 is 0 Å². The molecule has 1 atom stereocenters. The summed E-state index contributed by atoms with van der Waals surface area (Å²) >= 11 is 0. The minimum Gasteiger partial charge on any atom is -0.397 e. The van der Waals surface area contributed by atoms with Crippen LogP contribution in [-0.4, -0.2) is 5.91 Å². The fourth-order valence-corrected chi connectivity index (χ4v) is 2.66. The van der Waals surface area contributed by atoms with Crippen molar-refractivity contribution in [2.45, 2.75) is 26.2 Å². The molecule has 3 nitrogen and oxygen atoms in total. The molecule has 0 saturated carbocycles. The Morgan fingerprint density at radius 3 is 2.65 bits per heavy atom. The average molecular weight is 266 g/mol. The molecular formula is C17H18N2O. The van der Waals surface area contributed by atoms with E-state index in [1.807, 2.05) is 44.2 Å². The van der Waals surface area contributed by atoms with Crippen LogP contribution in [-0.2, 0) is 11.2 Å². The molecule has 0 aromatic heterocycles. The zero-order chi connectivity index (χ0) is 14.3. The Hall–Kier alpha value is -2.29. The number of nitrogens with two attached hydrogens (primary N) is 1. The Kier molecular flexibility index (Phi) is 2.97. The van der Waals surface area contributed by atoms with E-state index in [0.717, 1.165) is 23.1 Å². The number of aryl methyl sites for hydroxylation is 2. The highest BCUT2D eigenvalue weighted by Gasteiger charge is 2.31. The highest BCUT2D eigenvalue weighted by Crippen LogP contribution is 2.36. The molecule has 0 bridgehead atoms. The Morgan fingerprint density at radius 1 is 1.20 bits per heavy atom. The SMILES string of the molecule is Cc1cc(N)c(NC(=O)C2Cc3ccccc32)cc1C. The van der Waals surface area contributed by atoms with Gasteiger partial charge < -0.3 is 11.1 Å². The third kappa shape index (κ3) is 2.05. The standard InChI is InChI=1S/C17H18N2O/c1-10-7-15(18)16(8-11(10)2)19-17(20)14-9-12-5-3-4-6-13(12)14/h3-8,14H,9,18H2,1-2H3,(H,19,20). The number of hydrogen-bond acceptors (Lipinski definition) is 2. The van der Waals surface area contributed by atoms with Crippen molar-refractivity contribution < 1.29 is 4.79 Å². The summed E-state index contributed by atoms with van der Waals surface area (Å²) in [7, 11) is 0. The van der Waals surface area contributed by atoms with Crippen molar-refractivity contribution in [1.29, 1.82) is 0 Å². The van der Waals surface area contributed by atoms with Gasteiger partial charge in [0.1, 0.15) is 0 Å². The van der Waals surface area contributed by atoms with Gasteiger partial charge >= 0.3 is 0 Å². The van der Waals surface area contributed by atoms with Crippen molar-refractivity contribution in [2.75, 3.05) is 11.1 Å². The van der Waals surface area contributed by atoms with Crippen LogP contribution < -0.4 is 11.1 Å². The van der Waals surface area contributed by atoms with Crippen molar-refractivity contribution in [3.05, 3.63) is 58.7 Å². The molecule has 0 spiro atoms. The predicted octanol–water partition coefficient (Wildman–Crippen LogP) is 3.16. The van der Waals surface area contributed by atoms with Crippen LogP contribution in [0.4, 0.5) is 11.4 Å². The number of benzene rings is 2. The Bertz CT molecular complexity index is 691. The third-order valence-corrected chi connectivity index (χ3v) is 4.09. The van der Waals surface area contributed by atoms with Gasteiger partial charge in [-0.1, -0.05) is 24.3 Å². The second-order valence-corrected chi connectivity index (χ2v) is 5.47. The fourth-order valence-electron chi connectivity index (χ4n) is 2.66. The fraction of sp³-hybridized carbons (Fsp3) is 0.235. The van der Waals surface area contributed by atoms with Gasteiger partial charge in [-0.3, -0.25) is 4.79 Å². The van der Waals surface area contributed by atoms with Crippen molar-refractivity contribution in [2.24, 2.45) is 0 Å². The summed E-state index contributed by atoms with van der Waals surface area (Å²) in [5.74, 6) is -0.0223. The Labute approximate surface area is 118 Å². The normalized spacial score (nSPS) is 16.2. The Balaban J connectivity index is 1.80. The summed E-state index contributed by atoms with van der Waals surface area (Å²) in [5, 5.41) is 2.96. The largest absolute Gasteiger partial charge is 0.397 e. The number of anilines is 2. The summed E-state index contributed by atoms with van der Waals surface area (Å²) < 4.78 is 0. The van der Waals surface area contributed by atoms with Crippen molar-refractivity contribution in [3.63, 3.8) is 0 Å². The van der Waals surface area contributed by atoms with Gasteiger partial charge in [-0.15, -0.1) is 0 Å². The summed E-state index contributed by atoms with van der Waals surface area (Å²) in [6.07, 6.45) is 0.812. The van der Waals surface area contributed by atoms with Gasteiger partial charge in [0.25, 0.3) is 0 Å². The molecule has 3 N–H and O–H groups in total. The van der Waals surface area contributed by atoms with E-state index in [2.05, 4.69) is 11.4 Å². The smallest absolute Gasteiger partial charge is 0.232 e. The van der Waals surface area contributed by atoms with Gasteiger partial charge in [0.05, 0.1) is 17.3 Å². The summed E-state index contributed by atoms with van der Waals surface area (Å²) in [6.45, 7) is 4.03. The maximum Gasteiger partial charge on any atom is 0.232 e. The number of carbonyl (C=O) groups is 1. The van der Waals surface area contributed by atoms with E-state index in [4.69, 9.17) is 5.73 Å². The molecule has 3 heteroatoms. The quantitative estimate of drug-likeness (QED) is 0.820.